The van der Waals surface area contributed by atoms with Crippen molar-refractivity contribution in [3.8, 4) is 5.69 Å². The van der Waals surface area contributed by atoms with Gasteiger partial charge in [-0.2, -0.15) is 0 Å². The van der Waals surface area contributed by atoms with Crippen molar-refractivity contribution in [1.29, 1.82) is 0 Å². The summed E-state index contributed by atoms with van der Waals surface area (Å²) in [5, 5.41) is 4.11. The molecule has 3 aromatic rings. The molecule has 0 radical (unpaired) electrons. The Morgan fingerprint density at radius 2 is 1.70 bits per heavy atom. The number of aromatic nitrogens is 2. The van der Waals surface area contributed by atoms with Crippen LogP contribution in [0.25, 0.3) is 16.6 Å². The predicted octanol–water partition coefficient (Wildman–Crippen LogP) is 4.76. The van der Waals surface area contributed by atoms with Gasteiger partial charge in [-0.15, -0.1) is 0 Å². The molecule has 0 aliphatic heterocycles. The molecule has 1 aromatic heterocycles. The zero-order valence-electron chi connectivity index (χ0n) is 18.2. The molecule has 1 N–H and O–H groups in total. The fraction of sp³-hybridized carbons (Fsp3) is 0.375. The highest BCUT2D eigenvalue weighted by Gasteiger charge is 2.18. The quantitative estimate of drug-likeness (QED) is 0.439. The Balaban J connectivity index is 2.07. The van der Waals surface area contributed by atoms with Gasteiger partial charge in [-0.1, -0.05) is 69.8 Å². The van der Waals surface area contributed by atoms with Crippen LogP contribution in [0.3, 0.4) is 0 Å². The average molecular weight is 424 g/mol. The SMILES string of the molecule is CC(C)c1ccccc1-n1c(SCC(=O)N[C@@H](C)C(C)C)nc2ccccc2c1=O. The van der Waals surface area contributed by atoms with Crippen molar-refractivity contribution in [3.05, 3.63) is 64.4 Å². The monoisotopic (exact) mass is 423 g/mol. The second-order valence-corrected chi connectivity index (χ2v) is 9.10. The van der Waals surface area contributed by atoms with Gasteiger partial charge in [0.1, 0.15) is 0 Å². The molecule has 0 aliphatic carbocycles. The molecular formula is C24H29N3O2S. The minimum absolute atomic E-state index is 0.0627. The Morgan fingerprint density at radius 3 is 2.40 bits per heavy atom. The number of carbonyl (C=O) groups is 1. The molecule has 5 nitrogen and oxygen atoms in total. The van der Waals surface area contributed by atoms with E-state index in [-0.39, 0.29) is 29.2 Å². The summed E-state index contributed by atoms with van der Waals surface area (Å²) in [7, 11) is 0. The molecule has 158 valence electrons. The van der Waals surface area contributed by atoms with E-state index in [2.05, 4.69) is 33.0 Å². The van der Waals surface area contributed by atoms with Gasteiger partial charge in [-0.05, 0) is 42.5 Å². The number of carbonyl (C=O) groups excluding carboxylic acids is 1. The van der Waals surface area contributed by atoms with Gasteiger partial charge in [-0.25, -0.2) is 4.98 Å². The summed E-state index contributed by atoms with van der Waals surface area (Å²) in [6.07, 6.45) is 0. The highest BCUT2D eigenvalue weighted by Crippen LogP contribution is 2.27. The Morgan fingerprint density at radius 1 is 1.03 bits per heavy atom. The third-order valence-electron chi connectivity index (χ3n) is 5.27. The molecule has 2 aromatic carbocycles. The summed E-state index contributed by atoms with van der Waals surface area (Å²) in [6, 6.07) is 15.3. The molecule has 0 aliphatic rings. The van der Waals surface area contributed by atoms with E-state index in [1.807, 2.05) is 49.4 Å². The van der Waals surface area contributed by atoms with Crippen molar-refractivity contribution in [2.75, 3.05) is 5.75 Å². The summed E-state index contributed by atoms with van der Waals surface area (Å²) in [5.74, 6) is 0.736. The molecule has 1 amide bonds. The van der Waals surface area contributed by atoms with Crippen LogP contribution in [0, 0.1) is 5.92 Å². The van der Waals surface area contributed by atoms with Gasteiger partial charge >= 0.3 is 0 Å². The summed E-state index contributed by atoms with van der Waals surface area (Å²) in [5.41, 5.74) is 2.40. The second-order valence-electron chi connectivity index (χ2n) is 8.15. The smallest absolute Gasteiger partial charge is 0.266 e. The van der Waals surface area contributed by atoms with Crippen molar-refractivity contribution >= 4 is 28.6 Å². The van der Waals surface area contributed by atoms with Crippen LogP contribution >= 0.6 is 11.8 Å². The van der Waals surface area contributed by atoms with Gasteiger partial charge in [0, 0.05) is 6.04 Å². The van der Waals surface area contributed by atoms with Crippen LogP contribution in [-0.2, 0) is 4.79 Å². The minimum Gasteiger partial charge on any atom is -0.353 e. The molecule has 6 heteroatoms. The third-order valence-corrected chi connectivity index (χ3v) is 6.20. The Bertz CT molecular complexity index is 1110. The van der Waals surface area contributed by atoms with Gasteiger partial charge in [0.2, 0.25) is 5.91 Å². The molecule has 0 fully saturated rings. The van der Waals surface area contributed by atoms with Gasteiger partial charge in [0.05, 0.1) is 22.3 Å². The maximum atomic E-state index is 13.4. The molecule has 30 heavy (non-hydrogen) atoms. The zero-order valence-corrected chi connectivity index (χ0v) is 19.0. The number of nitrogens with zero attached hydrogens (tertiary/aromatic N) is 2. The van der Waals surface area contributed by atoms with E-state index in [0.29, 0.717) is 22.0 Å². The number of para-hydroxylation sites is 2. The first-order valence-corrected chi connectivity index (χ1v) is 11.3. The lowest BCUT2D eigenvalue weighted by Crippen LogP contribution is -2.37. The van der Waals surface area contributed by atoms with Crippen LogP contribution in [-0.4, -0.2) is 27.3 Å². The average Bonchev–Trinajstić information content (AvgIpc) is 2.72. The fourth-order valence-corrected chi connectivity index (χ4v) is 4.01. The second kappa shape index (κ2) is 9.47. The van der Waals surface area contributed by atoms with E-state index in [4.69, 9.17) is 4.98 Å². The molecule has 1 heterocycles. The van der Waals surface area contributed by atoms with E-state index in [1.54, 1.807) is 10.6 Å². The van der Waals surface area contributed by atoms with Crippen LogP contribution in [0.1, 0.15) is 46.1 Å². The van der Waals surface area contributed by atoms with E-state index in [0.717, 1.165) is 11.3 Å². The molecule has 0 unspecified atom stereocenters. The summed E-state index contributed by atoms with van der Waals surface area (Å²) in [4.78, 5) is 30.6. The highest BCUT2D eigenvalue weighted by atomic mass is 32.2. The number of thioether (sulfide) groups is 1. The first kappa shape index (κ1) is 22.1. The minimum atomic E-state index is -0.118. The number of rotatable bonds is 7. The molecular weight excluding hydrogens is 394 g/mol. The maximum Gasteiger partial charge on any atom is 0.266 e. The van der Waals surface area contributed by atoms with Gasteiger partial charge in [0.15, 0.2) is 5.16 Å². The topological polar surface area (TPSA) is 64.0 Å². The number of fused-ring (bicyclic) bond motifs is 1. The predicted molar refractivity (Wildman–Crippen MR) is 125 cm³/mol. The third kappa shape index (κ3) is 4.75. The normalized spacial score (nSPS) is 12.5. The van der Waals surface area contributed by atoms with Gasteiger partial charge in [0.25, 0.3) is 5.56 Å². The highest BCUT2D eigenvalue weighted by molar-refractivity contribution is 7.99. The van der Waals surface area contributed by atoms with Crippen molar-refractivity contribution in [1.82, 2.24) is 14.9 Å². The summed E-state index contributed by atoms with van der Waals surface area (Å²) < 4.78 is 1.65. The Kier molecular flexibility index (Phi) is 6.98. The van der Waals surface area contributed by atoms with Crippen molar-refractivity contribution in [2.24, 2.45) is 5.92 Å². The molecule has 0 saturated carbocycles. The van der Waals surface area contributed by atoms with E-state index in [9.17, 15) is 9.59 Å². The summed E-state index contributed by atoms with van der Waals surface area (Å²) >= 11 is 1.29. The van der Waals surface area contributed by atoms with Crippen molar-refractivity contribution < 1.29 is 4.79 Å². The van der Waals surface area contributed by atoms with Gasteiger partial charge in [-0.3, -0.25) is 14.2 Å². The fourth-order valence-electron chi connectivity index (χ4n) is 3.19. The van der Waals surface area contributed by atoms with Crippen molar-refractivity contribution in [2.45, 2.75) is 51.7 Å². The molecule has 0 spiro atoms. The number of benzene rings is 2. The lowest BCUT2D eigenvalue weighted by atomic mass is 10.0. The molecule has 0 saturated heterocycles. The molecule has 3 rings (SSSR count). The van der Waals surface area contributed by atoms with E-state index >= 15 is 0 Å². The van der Waals surface area contributed by atoms with E-state index < -0.39 is 0 Å². The standard InChI is InChI=1S/C24H29N3O2S/c1-15(2)17(5)25-22(28)14-30-24-26-20-12-8-6-11-19(20)23(29)27(24)21-13-9-7-10-18(21)16(3)4/h6-13,15-17H,14H2,1-5H3,(H,25,28)/t17-/m0/s1. The molecule has 0 bridgehead atoms. The van der Waals surface area contributed by atoms with Crippen LogP contribution in [0.15, 0.2) is 58.5 Å². The first-order valence-electron chi connectivity index (χ1n) is 10.3. The number of nitrogens with one attached hydrogen (secondary N) is 1. The van der Waals surface area contributed by atoms with E-state index in [1.165, 1.54) is 11.8 Å². The number of amides is 1. The van der Waals surface area contributed by atoms with Gasteiger partial charge < -0.3 is 5.32 Å². The van der Waals surface area contributed by atoms with Crippen LogP contribution < -0.4 is 10.9 Å². The first-order chi connectivity index (χ1) is 14.3. The number of hydrogen-bond acceptors (Lipinski definition) is 4. The largest absolute Gasteiger partial charge is 0.353 e. The van der Waals surface area contributed by atoms with Crippen LogP contribution in [0.5, 0.6) is 0 Å². The van der Waals surface area contributed by atoms with Crippen LogP contribution in [0.2, 0.25) is 0 Å². The molecule has 1 atom stereocenters. The summed E-state index contributed by atoms with van der Waals surface area (Å²) in [6.45, 7) is 10.3. The maximum absolute atomic E-state index is 13.4. The lowest BCUT2D eigenvalue weighted by Gasteiger charge is -2.19. The van der Waals surface area contributed by atoms with Crippen LogP contribution in [0.4, 0.5) is 0 Å². The zero-order chi connectivity index (χ0) is 21.8. The lowest BCUT2D eigenvalue weighted by molar-refractivity contribution is -0.119. The Hall–Kier alpha value is -2.60. The number of hydrogen-bond donors (Lipinski definition) is 1. The van der Waals surface area contributed by atoms with Crippen molar-refractivity contribution in [3.63, 3.8) is 0 Å². The Labute approximate surface area is 181 Å².